The number of benzene rings is 2. The van der Waals surface area contributed by atoms with Gasteiger partial charge in [0, 0.05) is 5.56 Å². The van der Waals surface area contributed by atoms with Crippen LogP contribution in [0.25, 0.3) is 12.2 Å². The summed E-state index contributed by atoms with van der Waals surface area (Å²) in [6, 6.07) is 8.92. The molecule has 10 nitrogen and oxygen atoms in total. The first kappa shape index (κ1) is 28.8. The van der Waals surface area contributed by atoms with E-state index in [0.717, 1.165) is 0 Å². The Morgan fingerprint density at radius 3 is 1.61 bits per heavy atom. The van der Waals surface area contributed by atoms with Crippen LogP contribution in [-0.4, -0.2) is 51.3 Å². The van der Waals surface area contributed by atoms with Crippen molar-refractivity contribution >= 4 is 49.7 Å². The molecule has 0 aromatic heterocycles. The third kappa shape index (κ3) is 5.14. The van der Waals surface area contributed by atoms with Crippen molar-refractivity contribution in [3.63, 3.8) is 0 Å². The fourth-order valence-electron chi connectivity index (χ4n) is 3.70. The van der Waals surface area contributed by atoms with Crippen LogP contribution in [0.15, 0.2) is 63.3 Å². The summed E-state index contributed by atoms with van der Waals surface area (Å²) < 4.78 is 52.3. The van der Waals surface area contributed by atoms with Gasteiger partial charge in [0.1, 0.15) is 0 Å². The normalized spacial score (nSPS) is 18.6. The summed E-state index contributed by atoms with van der Waals surface area (Å²) in [5.41, 5.74) is 11.8. The van der Waals surface area contributed by atoms with Gasteiger partial charge in [0.25, 0.3) is 5.91 Å². The van der Waals surface area contributed by atoms with E-state index in [1.54, 1.807) is 70.2 Å². The van der Waals surface area contributed by atoms with Gasteiger partial charge in [-0.1, -0.05) is 36.4 Å². The van der Waals surface area contributed by atoms with Crippen molar-refractivity contribution in [2.75, 3.05) is 7.11 Å². The van der Waals surface area contributed by atoms with Gasteiger partial charge in [-0.3, -0.25) is 4.79 Å². The highest BCUT2D eigenvalue weighted by Gasteiger charge is 2.38. The zero-order valence-corrected chi connectivity index (χ0v) is 23.2. The second-order valence-corrected chi connectivity index (χ2v) is 14.7. The van der Waals surface area contributed by atoms with E-state index in [0.29, 0.717) is 11.1 Å². The number of rotatable bonds is 2. The lowest BCUT2D eigenvalue weighted by Gasteiger charge is -2.26. The fraction of sp³-hybridized carbons (Fsp3) is 0.269. The molecule has 0 atom stereocenters. The van der Waals surface area contributed by atoms with Crippen LogP contribution in [0, 0.1) is 0 Å². The molecule has 0 fully saturated rings. The SMILES string of the molecule is CC1(C)C=Cc2ccc(C(=O)N=C(N)N)cc2S1(=O)=O.COC(=O)c1ccc2c(c1)S(=O)(=O)C(C)(C)C=C2. The summed E-state index contributed by atoms with van der Waals surface area (Å²) in [7, 11) is -5.77. The maximum Gasteiger partial charge on any atom is 0.337 e. The molecule has 2 aromatic carbocycles. The van der Waals surface area contributed by atoms with E-state index in [1.807, 2.05) is 0 Å². The second-order valence-electron chi connectivity index (χ2n) is 9.72. The van der Waals surface area contributed by atoms with Crippen molar-refractivity contribution in [3.05, 3.63) is 70.8 Å². The van der Waals surface area contributed by atoms with Crippen molar-refractivity contribution in [2.24, 2.45) is 16.5 Å². The summed E-state index contributed by atoms with van der Waals surface area (Å²) in [5.74, 6) is -1.58. The van der Waals surface area contributed by atoms with E-state index in [2.05, 4.69) is 9.73 Å². The van der Waals surface area contributed by atoms with Crippen LogP contribution in [0.2, 0.25) is 0 Å². The molecule has 0 saturated heterocycles. The fourth-order valence-corrected chi connectivity index (χ4v) is 6.78. The molecule has 38 heavy (non-hydrogen) atoms. The average molecular weight is 560 g/mol. The van der Waals surface area contributed by atoms with Crippen LogP contribution in [-0.2, 0) is 24.4 Å². The minimum atomic E-state index is -3.55. The first-order valence-corrected chi connectivity index (χ1v) is 14.3. The highest BCUT2D eigenvalue weighted by Crippen LogP contribution is 2.36. The number of nitrogens with zero attached hydrogens (tertiary/aromatic N) is 1. The van der Waals surface area contributed by atoms with E-state index >= 15 is 0 Å². The lowest BCUT2D eigenvalue weighted by atomic mass is 10.1. The molecule has 0 radical (unpaired) electrons. The van der Waals surface area contributed by atoms with Crippen LogP contribution in [0.3, 0.4) is 0 Å². The molecule has 0 unspecified atom stereocenters. The Kier molecular flexibility index (Phi) is 7.46. The Labute approximate surface area is 221 Å². The van der Waals surface area contributed by atoms with E-state index in [-0.39, 0.29) is 26.9 Å². The Bertz CT molecular complexity index is 1630. The highest BCUT2D eigenvalue weighted by molar-refractivity contribution is 7.93. The van der Waals surface area contributed by atoms with Gasteiger partial charge < -0.3 is 16.2 Å². The van der Waals surface area contributed by atoms with Crippen LogP contribution in [0.1, 0.15) is 59.5 Å². The zero-order valence-electron chi connectivity index (χ0n) is 21.5. The Balaban J connectivity index is 0.000000212. The summed E-state index contributed by atoms with van der Waals surface area (Å²) in [6.45, 7) is 6.47. The molecule has 0 spiro atoms. The number of amides is 1. The van der Waals surface area contributed by atoms with Crippen molar-refractivity contribution in [1.82, 2.24) is 0 Å². The lowest BCUT2D eigenvalue weighted by molar-refractivity contribution is 0.0600. The quantitative estimate of drug-likeness (QED) is 0.318. The topological polar surface area (TPSA) is 176 Å². The van der Waals surface area contributed by atoms with Crippen molar-refractivity contribution in [3.8, 4) is 0 Å². The number of nitrogens with two attached hydrogens (primary N) is 2. The van der Waals surface area contributed by atoms with Gasteiger partial charge in [-0.25, -0.2) is 21.6 Å². The van der Waals surface area contributed by atoms with E-state index in [9.17, 15) is 26.4 Å². The van der Waals surface area contributed by atoms with E-state index < -0.39 is 41.0 Å². The molecule has 202 valence electrons. The maximum atomic E-state index is 12.5. The van der Waals surface area contributed by atoms with Crippen LogP contribution >= 0.6 is 0 Å². The van der Waals surface area contributed by atoms with Gasteiger partial charge in [-0.05, 0) is 63.1 Å². The van der Waals surface area contributed by atoms with Crippen molar-refractivity contribution in [2.45, 2.75) is 47.0 Å². The summed E-state index contributed by atoms with van der Waals surface area (Å²) in [5, 5.41) is 0. The molecular formula is C26H29N3O7S2. The third-order valence-corrected chi connectivity index (χ3v) is 11.1. The van der Waals surface area contributed by atoms with Crippen LogP contribution in [0.4, 0.5) is 0 Å². The molecule has 0 aliphatic carbocycles. The number of esters is 1. The van der Waals surface area contributed by atoms with Crippen molar-refractivity contribution in [1.29, 1.82) is 0 Å². The molecule has 0 bridgehead atoms. The molecule has 1 amide bonds. The number of carbonyl (C=O) groups is 2. The highest BCUT2D eigenvalue weighted by atomic mass is 32.2. The molecule has 2 aromatic rings. The molecule has 2 aliphatic rings. The first-order chi connectivity index (χ1) is 17.4. The predicted octanol–water partition coefficient (Wildman–Crippen LogP) is 2.73. The Hall–Kier alpha value is -3.77. The summed E-state index contributed by atoms with van der Waals surface area (Å²) in [4.78, 5) is 26.9. The number of ether oxygens (including phenoxy) is 1. The maximum absolute atomic E-state index is 12.5. The number of guanidine groups is 1. The van der Waals surface area contributed by atoms with Gasteiger partial charge in [-0.2, -0.15) is 4.99 Å². The number of carbonyl (C=O) groups excluding carboxylic acids is 2. The minimum Gasteiger partial charge on any atom is -0.465 e. The van der Waals surface area contributed by atoms with Gasteiger partial charge in [0.05, 0.1) is 32.0 Å². The summed E-state index contributed by atoms with van der Waals surface area (Å²) >= 11 is 0. The van der Waals surface area contributed by atoms with E-state index in [4.69, 9.17) is 11.5 Å². The number of hydrogen-bond donors (Lipinski definition) is 2. The Morgan fingerprint density at radius 2 is 1.18 bits per heavy atom. The number of hydrogen-bond acceptors (Lipinski definition) is 7. The van der Waals surface area contributed by atoms with Crippen molar-refractivity contribution < 1.29 is 31.2 Å². The smallest absolute Gasteiger partial charge is 0.337 e. The third-order valence-electron chi connectivity index (χ3n) is 6.22. The number of sulfone groups is 2. The molecule has 0 saturated carbocycles. The molecule has 4 rings (SSSR count). The minimum absolute atomic E-state index is 0.113. The molecule has 4 N–H and O–H groups in total. The van der Waals surface area contributed by atoms with Gasteiger partial charge >= 0.3 is 5.97 Å². The lowest BCUT2D eigenvalue weighted by Crippen LogP contribution is -2.32. The predicted molar refractivity (Wildman–Crippen MR) is 145 cm³/mol. The number of aliphatic imine (C=N–C) groups is 1. The second kappa shape index (κ2) is 9.84. The molecule has 2 heterocycles. The van der Waals surface area contributed by atoms with Gasteiger partial charge in [-0.15, -0.1) is 0 Å². The van der Waals surface area contributed by atoms with Crippen LogP contribution in [0.5, 0.6) is 0 Å². The molecule has 2 aliphatic heterocycles. The standard InChI is InChI=1S/C13H15N3O3S.C13H14O4S/c1-13(2)6-5-8-3-4-9(11(17)16-12(14)15)7-10(8)20(13,18)19;1-13(2)7-6-9-4-5-10(12(14)17-3)8-11(9)18(13,15)16/h3-7H,1-2H3,(H4,14,15,16,17);4-8H,1-3H3. The van der Waals surface area contributed by atoms with Gasteiger partial charge in [0.15, 0.2) is 25.6 Å². The van der Waals surface area contributed by atoms with Crippen LogP contribution < -0.4 is 11.5 Å². The average Bonchev–Trinajstić information content (AvgIpc) is 2.84. The van der Waals surface area contributed by atoms with E-state index in [1.165, 1.54) is 25.3 Å². The number of methoxy groups -OCH3 is 1. The number of fused-ring (bicyclic) bond motifs is 2. The largest absolute Gasteiger partial charge is 0.465 e. The molecule has 12 heteroatoms. The zero-order chi connectivity index (χ0) is 28.7. The van der Waals surface area contributed by atoms with Gasteiger partial charge in [0.2, 0.25) is 0 Å². The molecular weight excluding hydrogens is 530 g/mol. The Morgan fingerprint density at radius 1 is 0.763 bits per heavy atom. The summed E-state index contributed by atoms with van der Waals surface area (Å²) in [6.07, 6.45) is 6.77. The first-order valence-electron chi connectivity index (χ1n) is 11.3. The monoisotopic (exact) mass is 559 g/mol.